The van der Waals surface area contributed by atoms with Crippen molar-refractivity contribution >= 4 is 70.9 Å². The molecule has 4 aromatic rings. The molecule has 1 fully saturated rings. The molecule has 1 aliphatic heterocycles. The molecule has 0 aliphatic carbocycles. The van der Waals surface area contributed by atoms with E-state index in [0.717, 1.165) is 16.0 Å². The van der Waals surface area contributed by atoms with Crippen LogP contribution in [0.2, 0.25) is 0 Å². The van der Waals surface area contributed by atoms with Crippen LogP contribution in [0.25, 0.3) is 16.8 Å². The molecule has 4 atom stereocenters. The van der Waals surface area contributed by atoms with Crippen molar-refractivity contribution in [2.45, 2.75) is 90.6 Å². The number of carbonyl (C=O) groups excluding carboxylic acids is 3. The molecule has 2 heterocycles. The van der Waals surface area contributed by atoms with Crippen molar-refractivity contribution in [1.82, 2.24) is 20.2 Å². The number of oxime groups is 1. The lowest BCUT2D eigenvalue weighted by Gasteiger charge is -2.23. The number of aromatic amines is 1. The normalized spacial score (nSPS) is 16.3. The topological polar surface area (TPSA) is 319 Å². The lowest BCUT2D eigenvalue weighted by atomic mass is 10.1. The van der Waals surface area contributed by atoms with Crippen molar-refractivity contribution < 1.29 is 56.5 Å². The molecular formula is C51H65N10O15P. The van der Waals surface area contributed by atoms with E-state index in [2.05, 4.69) is 35.9 Å². The summed E-state index contributed by atoms with van der Waals surface area (Å²) in [7, 11) is -2.97. The zero-order chi connectivity index (χ0) is 55.6. The number of methoxy groups -OCH3 is 1. The molecule has 1 aromatic heterocycles. The number of anilines is 1. The highest BCUT2D eigenvalue weighted by Gasteiger charge is 2.43. The second-order valence-electron chi connectivity index (χ2n) is 17.2. The van der Waals surface area contributed by atoms with E-state index in [1.54, 1.807) is 43.3 Å². The van der Waals surface area contributed by atoms with Crippen molar-refractivity contribution in [3.63, 3.8) is 0 Å². The van der Waals surface area contributed by atoms with Gasteiger partial charge in [-0.3, -0.25) is 52.4 Å². The highest BCUT2D eigenvalue weighted by Crippen LogP contribution is 2.53. The first-order valence-corrected chi connectivity index (χ1v) is 26.5. The fraction of sp³-hybridized carbons (Fsp3) is 0.471. The largest absolute Gasteiger partial charge is 0.475 e. The Balaban J connectivity index is 1.04. The molecule has 5 rings (SSSR count). The Morgan fingerprint density at radius 2 is 1.71 bits per heavy atom. The molecular weight excluding hydrogens is 1020 g/mol. The molecule has 4 unspecified atom stereocenters. The van der Waals surface area contributed by atoms with E-state index in [-0.39, 0.29) is 94.6 Å². The van der Waals surface area contributed by atoms with Gasteiger partial charge in [0.05, 0.1) is 84.8 Å². The number of carbonyl (C=O) groups is 3. The summed E-state index contributed by atoms with van der Waals surface area (Å²) in [6, 6.07) is 19.4. The number of nitro benzene ring substituents is 1. The molecule has 26 heteroatoms. The van der Waals surface area contributed by atoms with Gasteiger partial charge < -0.3 is 34.6 Å². The lowest BCUT2D eigenvalue weighted by molar-refractivity contribution is -0.383. The van der Waals surface area contributed by atoms with E-state index in [9.17, 15) is 38.7 Å². The molecule has 2 amide bonds. The number of fused-ring (bicyclic) bond motifs is 1. The standard InChI is InChI=1S/C51H65N10O15P/c1-5-53-47(63)24-25-49(64)71-29-12-31-74-77(69,73-30-11-26-52)76-44-33-48(75-45(44)35-70-4)60-34-37(50(65)55-51(60)66)14-10-27-54-46(62)17-9-13-36(3)58-72-32-28-59(6-2)39-20-18-38(19-21-39)56-57-42-22-23-43(61(67)68)41-16-8-7-15-40(41)42/h7-8,10,14-16,18-23,34,44-45,48H,5-6,9,11-13,17,24-25,27-33,35H2,1-4H3,(H,53,63)(H,54,62)(H,55,65,66)/b14-10+,57-56?,58-36-. The van der Waals surface area contributed by atoms with Gasteiger partial charge in [0.2, 0.25) is 11.8 Å². The zero-order valence-corrected chi connectivity index (χ0v) is 44.4. The van der Waals surface area contributed by atoms with Gasteiger partial charge in [0.1, 0.15) is 25.0 Å². The van der Waals surface area contributed by atoms with Gasteiger partial charge in [0.25, 0.3) is 11.2 Å². The van der Waals surface area contributed by atoms with Crippen LogP contribution in [0.3, 0.4) is 0 Å². The third-order valence-corrected chi connectivity index (χ3v) is 13.1. The number of benzene rings is 3. The van der Waals surface area contributed by atoms with Gasteiger partial charge in [-0.05, 0) is 70.0 Å². The molecule has 1 saturated heterocycles. The SMILES string of the molecule is CCNC(=O)CCC(=O)OCCCOP(=O)(OCCC#N)OC1CC(n2cc(/C=C/CNC(=O)CCC/C(C)=N\OCCN(CC)c3ccc(N=Nc4ccc([N+](=O)[O-])c5ccccc45)cc3)c(=O)[nH]c2=O)OC1COC. The predicted molar refractivity (Wildman–Crippen MR) is 284 cm³/mol. The number of non-ortho nitro benzene ring substituents is 1. The monoisotopic (exact) mass is 1090 g/mol. The van der Waals surface area contributed by atoms with Crippen molar-refractivity contribution in [2.75, 3.05) is 71.2 Å². The molecule has 25 nitrogen and oxygen atoms in total. The van der Waals surface area contributed by atoms with Crippen LogP contribution in [-0.2, 0) is 51.6 Å². The summed E-state index contributed by atoms with van der Waals surface area (Å²) >= 11 is 0. The molecule has 77 heavy (non-hydrogen) atoms. The number of nitriles is 1. The Bertz CT molecular complexity index is 2920. The average Bonchev–Trinajstić information content (AvgIpc) is 3.80. The van der Waals surface area contributed by atoms with E-state index in [1.165, 1.54) is 25.4 Å². The van der Waals surface area contributed by atoms with Gasteiger partial charge in [0.15, 0.2) is 0 Å². The predicted octanol–water partition coefficient (Wildman–Crippen LogP) is 7.46. The van der Waals surface area contributed by atoms with Crippen LogP contribution in [0.15, 0.2) is 97.9 Å². The van der Waals surface area contributed by atoms with Crippen LogP contribution in [0.5, 0.6) is 0 Å². The minimum atomic E-state index is -4.37. The quantitative estimate of drug-likeness (QED) is 0.00792. The molecule has 1 aliphatic rings. The van der Waals surface area contributed by atoms with Gasteiger partial charge in [-0.25, -0.2) is 9.36 Å². The summed E-state index contributed by atoms with van der Waals surface area (Å²) in [5.74, 6) is -1.10. The third kappa shape index (κ3) is 19.6. The third-order valence-electron chi connectivity index (χ3n) is 11.6. The first-order chi connectivity index (χ1) is 37.2. The van der Waals surface area contributed by atoms with E-state index in [4.69, 9.17) is 37.9 Å². The lowest BCUT2D eigenvalue weighted by Crippen LogP contribution is -2.33. The highest BCUT2D eigenvalue weighted by molar-refractivity contribution is 7.48. The number of hydrogen-bond donors (Lipinski definition) is 3. The molecule has 0 bridgehead atoms. The summed E-state index contributed by atoms with van der Waals surface area (Å²) < 4.78 is 48.2. The maximum Gasteiger partial charge on any atom is 0.475 e. The number of amides is 2. The smallest absolute Gasteiger partial charge is 0.466 e. The van der Waals surface area contributed by atoms with Crippen molar-refractivity contribution in [1.29, 1.82) is 5.26 Å². The Labute approximate surface area is 444 Å². The van der Waals surface area contributed by atoms with Crippen LogP contribution in [0.4, 0.5) is 22.7 Å². The molecule has 0 spiro atoms. The van der Waals surface area contributed by atoms with Crippen molar-refractivity contribution in [3.8, 4) is 6.07 Å². The number of hydrogen-bond acceptors (Lipinski definition) is 20. The second-order valence-corrected chi connectivity index (χ2v) is 18.8. The number of azo groups is 1. The average molecular weight is 1090 g/mol. The zero-order valence-electron chi connectivity index (χ0n) is 43.5. The first-order valence-electron chi connectivity index (χ1n) is 25.1. The second kappa shape index (κ2) is 31.6. The van der Waals surface area contributed by atoms with E-state index < -0.39 is 48.4 Å². The van der Waals surface area contributed by atoms with Crippen molar-refractivity contribution in [3.05, 3.63) is 109 Å². The van der Waals surface area contributed by atoms with E-state index in [0.29, 0.717) is 61.2 Å². The summed E-state index contributed by atoms with van der Waals surface area (Å²) in [5.41, 5.74) is 1.42. The number of H-pyrrole nitrogens is 1. The maximum atomic E-state index is 13.8. The Morgan fingerprint density at radius 1 is 0.961 bits per heavy atom. The molecule has 0 radical (unpaired) electrons. The number of esters is 1. The number of rotatable bonds is 33. The van der Waals surface area contributed by atoms with Crippen LogP contribution in [0, 0.1) is 21.4 Å². The summed E-state index contributed by atoms with van der Waals surface area (Å²) in [5, 5.41) is 39.9. The van der Waals surface area contributed by atoms with Gasteiger partial charge in [-0.2, -0.15) is 10.4 Å². The minimum Gasteiger partial charge on any atom is -0.466 e. The number of nitro groups is 1. The summed E-state index contributed by atoms with van der Waals surface area (Å²) in [4.78, 5) is 83.2. The number of ether oxygens (including phenoxy) is 3. The van der Waals surface area contributed by atoms with Gasteiger partial charge in [-0.15, -0.1) is 5.11 Å². The van der Waals surface area contributed by atoms with Crippen LogP contribution in [0.1, 0.15) is 83.9 Å². The number of likely N-dealkylation sites (N-methyl/N-ethyl adjacent to an activating group) is 1. The van der Waals surface area contributed by atoms with E-state index in [1.807, 2.05) is 44.2 Å². The fourth-order valence-electron chi connectivity index (χ4n) is 7.72. The molecule has 3 aromatic carbocycles. The number of aromatic nitrogens is 2. The Morgan fingerprint density at radius 3 is 2.44 bits per heavy atom. The minimum absolute atomic E-state index is 0.00642. The first kappa shape index (κ1) is 60.4. The van der Waals surface area contributed by atoms with Gasteiger partial charge in [0, 0.05) is 75.8 Å². The maximum absolute atomic E-state index is 13.8. The number of phosphoric acid groups is 1. The number of phosphoric ester groups is 1. The highest BCUT2D eigenvalue weighted by atomic mass is 31.2. The van der Waals surface area contributed by atoms with E-state index >= 15 is 0 Å². The van der Waals surface area contributed by atoms with Gasteiger partial charge in [-0.1, -0.05) is 35.5 Å². The molecule has 3 N–H and O–H groups in total. The molecule has 414 valence electrons. The van der Waals surface area contributed by atoms with Crippen LogP contribution < -0.4 is 26.8 Å². The van der Waals surface area contributed by atoms with Gasteiger partial charge >= 0.3 is 19.5 Å². The summed E-state index contributed by atoms with van der Waals surface area (Å²) in [6.45, 7) is 7.03. The van der Waals surface area contributed by atoms with Crippen LogP contribution in [-0.4, -0.2) is 117 Å². The van der Waals surface area contributed by atoms with Crippen molar-refractivity contribution in [2.24, 2.45) is 15.4 Å². The Hall–Kier alpha value is -7.46. The summed E-state index contributed by atoms with van der Waals surface area (Å²) in [6.07, 6.45) is 2.36. The van der Waals surface area contributed by atoms with Crippen LogP contribution >= 0.6 is 7.82 Å². The Kier molecular flexibility index (Phi) is 24.8. The number of nitrogens with one attached hydrogen (secondary N) is 3. The molecule has 0 saturated carbocycles. The number of nitrogens with zero attached hydrogens (tertiary/aromatic N) is 7. The fourth-order valence-corrected chi connectivity index (χ4v) is 9.14.